The molecule has 6 nitrogen and oxygen atoms in total. The smallest absolute Gasteiger partial charge is 0.253 e. The molecule has 0 unspecified atom stereocenters. The van der Waals surface area contributed by atoms with Crippen LogP contribution in [0.15, 0.2) is 41.0 Å². The number of carbonyl (C=O) groups is 2. The van der Waals surface area contributed by atoms with Crippen LogP contribution in [0.5, 0.6) is 5.75 Å². The summed E-state index contributed by atoms with van der Waals surface area (Å²) in [7, 11) is 1.51. The fourth-order valence-electron chi connectivity index (χ4n) is 1.72. The van der Waals surface area contributed by atoms with E-state index in [0.29, 0.717) is 11.5 Å². The number of furan rings is 1. The van der Waals surface area contributed by atoms with Gasteiger partial charge < -0.3 is 19.8 Å². The van der Waals surface area contributed by atoms with Gasteiger partial charge in [-0.3, -0.25) is 9.59 Å². The van der Waals surface area contributed by atoms with Crippen molar-refractivity contribution in [3.8, 4) is 5.75 Å². The van der Waals surface area contributed by atoms with E-state index >= 15 is 0 Å². The maximum Gasteiger partial charge on any atom is 0.253 e. The van der Waals surface area contributed by atoms with E-state index in [1.54, 1.807) is 18.2 Å². The quantitative estimate of drug-likeness (QED) is 0.852. The molecule has 0 spiro atoms. The first-order chi connectivity index (χ1) is 10.6. The Morgan fingerprint density at radius 2 is 2.09 bits per heavy atom. The number of ether oxygens (including phenoxy) is 1. The van der Waals surface area contributed by atoms with Crippen LogP contribution in [0.2, 0.25) is 5.02 Å². The van der Waals surface area contributed by atoms with E-state index in [1.165, 1.54) is 25.5 Å². The summed E-state index contributed by atoms with van der Waals surface area (Å²) in [5.74, 6) is 0.436. The molecule has 0 aliphatic heterocycles. The molecule has 116 valence electrons. The van der Waals surface area contributed by atoms with Crippen molar-refractivity contribution in [2.75, 3.05) is 13.7 Å². The Labute approximate surface area is 132 Å². The van der Waals surface area contributed by atoms with Crippen LogP contribution in [0.4, 0.5) is 0 Å². The summed E-state index contributed by atoms with van der Waals surface area (Å²) in [6.07, 6.45) is 1.52. The lowest BCUT2D eigenvalue weighted by Gasteiger charge is -2.08. The van der Waals surface area contributed by atoms with E-state index in [2.05, 4.69) is 10.6 Å². The highest BCUT2D eigenvalue weighted by molar-refractivity contribution is 6.34. The summed E-state index contributed by atoms with van der Waals surface area (Å²) in [5.41, 5.74) is 0.279. The highest BCUT2D eigenvalue weighted by Crippen LogP contribution is 2.22. The van der Waals surface area contributed by atoms with Crippen LogP contribution in [-0.4, -0.2) is 25.5 Å². The molecular weight excluding hydrogens is 308 g/mol. The molecule has 0 saturated carbocycles. The largest absolute Gasteiger partial charge is 0.497 e. The topological polar surface area (TPSA) is 80.6 Å². The minimum absolute atomic E-state index is 0.151. The average Bonchev–Trinajstić information content (AvgIpc) is 3.03. The minimum Gasteiger partial charge on any atom is -0.497 e. The van der Waals surface area contributed by atoms with Crippen molar-refractivity contribution in [2.45, 2.75) is 6.54 Å². The molecule has 1 heterocycles. The van der Waals surface area contributed by atoms with Crippen LogP contribution in [0.25, 0.3) is 0 Å². The summed E-state index contributed by atoms with van der Waals surface area (Å²) in [4.78, 5) is 23.6. The normalized spacial score (nSPS) is 10.1. The Hall–Kier alpha value is -2.47. The zero-order valence-corrected chi connectivity index (χ0v) is 12.6. The second kappa shape index (κ2) is 7.51. The Kier molecular flexibility index (Phi) is 5.43. The Morgan fingerprint density at radius 3 is 2.73 bits per heavy atom. The number of nitrogens with one attached hydrogen (secondary N) is 2. The van der Waals surface area contributed by atoms with Crippen LogP contribution in [-0.2, 0) is 11.3 Å². The van der Waals surface area contributed by atoms with Gasteiger partial charge >= 0.3 is 0 Å². The number of hydrogen-bond donors (Lipinski definition) is 2. The molecule has 0 saturated heterocycles. The van der Waals surface area contributed by atoms with Crippen molar-refractivity contribution in [1.29, 1.82) is 0 Å². The Bertz CT molecular complexity index is 656. The lowest BCUT2D eigenvalue weighted by atomic mass is 10.2. The molecular formula is C15H15ClN2O4. The highest BCUT2D eigenvalue weighted by atomic mass is 35.5. The first-order valence-corrected chi connectivity index (χ1v) is 6.88. The van der Waals surface area contributed by atoms with Crippen molar-refractivity contribution < 1.29 is 18.7 Å². The van der Waals surface area contributed by atoms with Crippen molar-refractivity contribution in [2.24, 2.45) is 0 Å². The van der Waals surface area contributed by atoms with E-state index in [-0.39, 0.29) is 29.6 Å². The van der Waals surface area contributed by atoms with Crippen molar-refractivity contribution in [3.05, 3.63) is 52.9 Å². The number of hydrogen-bond acceptors (Lipinski definition) is 4. The van der Waals surface area contributed by atoms with Gasteiger partial charge in [-0.1, -0.05) is 11.6 Å². The SMILES string of the molecule is COc1ccc(C(=O)NCC(=O)NCc2ccco2)c(Cl)c1. The van der Waals surface area contributed by atoms with Gasteiger partial charge in [0.05, 0.1) is 37.0 Å². The second-order valence-electron chi connectivity index (χ2n) is 4.38. The van der Waals surface area contributed by atoms with Gasteiger partial charge in [-0.15, -0.1) is 0 Å². The highest BCUT2D eigenvalue weighted by Gasteiger charge is 2.12. The fraction of sp³-hybridized carbons (Fsp3) is 0.200. The monoisotopic (exact) mass is 322 g/mol. The van der Waals surface area contributed by atoms with Crippen molar-refractivity contribution in [3.63, 3.8) is 0 Å². The molecule has 0 radical (unpaired) electrons. The molecule has 1 aromatic heterocycles. The van der Waals surface area contributed by atoms with Crippen molar-refractivity contribution >= 4 is 23.4 Å². The van der Waals surface area contributed by atoms with E-state index < -0.39 is 5.91 Å². The number of rotatable bonds is 6. The number of methoxy groups -OCH3 is 1. The molecule has 0 atom stereocenters. The van der Waals surface area contributed by atoms with Gasteiger partial charge in [0.1, 0.15) is 11.5 Å². The number of benzene rings is 1. The van der Waals surface area contributed by atoms with Gasteiger partial charge in [0, 0.05) is 0 Å². The molecule has 0 fully saturated rings. The number of carbonyl (C=O) groups excluding carboxylic acids is 2. The average molecular weight is 323 g/mol. The van der Waals surface area contributed by atoms with E-state index in [4.69, 9.17) is 20.8 Å². The van der Waals surface area contributed by atoms with E-state index in [9.17, 15) is 9.59 Å². The van der Waals surface area contributed by atoms with Crippen molar-refractivity contribution in [1.82, 2.24) is 10.6 Å². The van der Waals surface area contributed by atoms with Gasteiger partial charge in [-0.2, -0.15) is 0 Å². The van der Waals surface area contributed by atoms with Crippen LogP contribution >= 0.6 is 11.6 Å². The zero-order chi connectivity index (χ0) is 15.9. The second-order valence-corrected chi connectivity index (χ2v) is 4.79. The molecule has 0 aliphatic rings. The molecule has 0 bridgehead atoms. The Morgan fingerprint density at radius 1 is 1.27 bits per heavy atom. The zero-order valence-electron chi connectivity index (χ0n) is 11.9. The summed E-state index contributed by atoms with van der Waals surface area (Å²) in [6.45, 7) is 0.118. The maximum atomic E-state index is 12.0. The molecule has 7 heteroatoms. The predicted molar refractivity (Wildman–Crippen MR) is 80.9 cm³/mol. The summed E-state index contributed by atoms with van der Waals surface area (Å²) < 4.78 is 10.1. The number of halogens is 1. The van der Waals surface area contributed by atoms with Crippen LogP contribution in [0.3, 0.4) is 0 Å². The molecule has 1 aromatic carbocycles. The van der Waals surface area contributed by atoms with Crippen LogP contribution < -0.4 is 15.4 Å². The van der Waals surface area contributed by atoms with Gasteiger partial charge in [0.2, 0.25) is 5.91 Å². The lowest BCUT2D eigenvalue weighted by Crippen LogP contribution is -2.36. The van der Waals surface area contributed by atoms with E-state index in [1.807, 2.05) is 0 Å². The standard InChI is InChI=1S/C15H15ClN2O4/c1-21-10-4-5-12(13(16)7-10)15(20)18-9-14(19)17-8-11-3-2-6-22-11/h2-7H,8-9H2,1H3,(H,17,19)(H,18,20). The van der Waals surface area contributed by atoms with Gasteiger partial charge in [-0.25, -0.2) is 0 Å². The third-order valence-electron chi connectivity index (χ3n) is 2.87. The maximum absolute atomic E-state index is 12.0. The van der Waals surface area contributed by atoms with Crippen LogP contribution in [0.1, 0.15) is 16.1 Å². The molecule has 2 aromatic rings. The van der Waals surface area contributed by atoms with Gasteiger partial charge in [-0.05, 0) is 30.3 Å². The van der Waals surface area contributed by atoms with E-state index in [0.717, 1.165) is 0 Å². The summed E-state index contributed by atoms with van der Waals surface area (Å²) >= 11 is 5.99. The van der Waals surface area contributed by atoms with Gasteiger partial charge in [0.15, 0.2) is 0 Å². The minimum atomic E-state index is -0.430. The predicted octanol–water partition coefficient (Wildman–Crippen LogP) is 1.99. The van der Waals surface area contributed by atoms with Gasteiger partial charge in [0.25, 0.3) is 5.91 Å². The lowest BCUT2D eigenvalue weighted by molar-refractivity contribution is -0.120. The Balaban J connectivity index is 1.83. The fourth-order valence-corrected chi connectivity index (χ4v) is 1.98. The first kappa shape index (κ1) is 15.9. The third-order valence-corrected chi connectivity index (χ3v) is 3.18. The summed E-state index contributed by atoms with van der Waals surface area (Å²) in [6, 6.07) is 8.17. The summed E-state index contributed by atoms with van der Waals surface area (Å²) in [5, 5.41) is 5.38. The first-order valence-electron chi connectivity index (χ1n) is 6.51. The molecule has 2 amide bonds. The molecule has 2 rings (SSSR count). The third kappa shape index (κ3) is 4.26. The molecule has 0 aliphatic carbocycles. The van der Waals surface area contributed by atoms with Crippen LogP contribution in [0, 0.1) is 0 Å². The molecule has 2 N–H and O–H groups in total. The number of amides is 2. The molecule has 22 heavy (non-hydrogen) atoms.